The van der Waals surface area contributed by atoms with Gasteiger partial charge in [-0.2, -0.15) is 0 Å². The fourth-order valence-corrected chi connectivity index (χ4v) is 2.15. The molecule has 0 amide bonds. The summed E-state index contributed by atoms with van der Waals surface area (Å²) in [5.41, 5.74) is 5.33. The van der Waals surface area contributed by atoms with Gasteiger partial charge in [-0.15, -0.1) is 0 Å². The predicted molar refractivity (Wildman–Crippen MR) is 81.5 cm³/mol. The molecule has 0 fully saturated rings. The number of hydrogen-bond acceptors (Lipinski definition) is 2. The largest absolute Gasteiger partial charge is 0.466 e. The molecule has 2 rings (SSSR count). The van der Waals surface area contributed by atoms with Crippen LogP contribution in [0, 0.1) is 13.8 Å². The molecule has 0 N–H and O–H groups in total. The number of rotatable bonds is 3. The van der Waals surface area contributed by atoms with Crippen molar-refractivity contribution in [3.05, 3.63) is 76.9 Å². The van der Waals surface area contributed by atoms with Crippen molar-refractivity contribution in [2.75, 3.05) is 7.11 Å². The zero-order valence-electron chi connectivity index (χ0n) is 12.0. The first-order valence-electron chi connectivity index (χ1n) is 6.55. The summed E-state index contributed by atoms with van der Waals surface area (Å²) in [6.45, 7) is 4.14. The Labute approximate surface area is 119 Å². The number of esters is 1. The standard InChI is InChI=1S/C18H18O2/c1-13-8-7-11-16(14(13)2)17(12-18(19)20-3)15-9-5-4-6-10-15/h4-12H,1-3H3/b17-12-. The summed E-state index contributed by atoms with van der Waals surface area (Å²) in [6.07, 6.45) is 1.55. The normalized spacial score (nSPS) is 11.2. The summed E-state index contributed by atoms with van der Waals surface area (Å²) in [7, 11) is 1.39. The molecule has 0 saturated heterocycles. The summed E-state index contributed by atoms with van der Waals surface area (Å²) in [6, 6.07) is 16.0. The molecule has 0 saturated carbocycles. The maximum Gasteiger partial charge on any atom is 0.331 e. The first kappa shape index (κ1) is 14.1. The van der Waals surface area contributed by atoms with Gasteiger partial charge in [0, 0.05) is 6.08 Å². The lowest BCUT2D eigenvalue weighted by Gasteiger charge is -2.13. The average Bonchev–Trinajstić information content (AvgIpc) is 2.48. The number of benzene rings is 2. The highest BCUT2D eigenvalue weighted by Gasteiger charge is 2.11. The molecule has 0 aliphatic carbocycles. The van der Waals surface area contributed by atoms with Gasteiger partial charge in [0.05, 0.1) is 7.11 Å². The molecule has 2 aromatic rings. The van der Waals surface area contributed by atoms with E-state index in [2.05, 4.69) is 19.9 Å². The minimum Gasteiger partial charge on any atom is -0.466 e. The molecule has 0 bridgehead atoms. The van der Waals surface area contributed by atoms with Crippen LogP contribution >= 0.6 is 0 Å². The third-order valence-electron chi connectivity index (χ3n) is 3.44. The van der Waals surface area contributed by atoms with Crippen molar-refractivity contribution in [1.29, 1.82) is 0 Å². The molecule has 0 radical (unpaired) electrons. The van der Waals surface area contributed by atoms with Gasteiger partial charge in [0.25, 0.3) is 0 Å². The van der Waals surface area contributed by atoms with Gasteiger partial charge in [-0.3, -0.25) is 0 Å². The summed E-state index contributed by atoms with van der Waals surface area (Å²) < 4.78 is 4.78. The molecule has 0 spiro atoms. The Kier molecular flexibility index (Phi) is 4.36. The maximum absolute atomic E-state index is 11.7. The molecule has 0 heterocycles. The maximum atomic E-state index is 11.7. The molecular weight excluding hydrogens is 248 g/mol. The highest BCUT2D eigenvalue weighted by Crippen LogP contribution is 2.27. The summed E-state index contributed by atoms with van der Waals surface area (Å²) in [5, 5.41) is 0. The lowest BCUT2D eigenvalue weighted by Crippen LogP contribution is -2.00. The average molecular weight is 266 g/mol. The Morgan fingerprint density at radius 3 is 2.35 bits per heavy atom. The number of methoxy groups -OCH3 is 1. The Balaban J connectivity index is 2.61. The lowest BCUT2D eigenvalue weighted by atomic mass is 9.92. The van der Waals surface area contributed by atoms with Gasteiger partial charge < -0.3 is 4.74 Å². The van der Waals surface area contributed by atoms with E-state index < -0.39 is 0 Å². The SMILES string of the molecule is COC(=O)/C=C(/c1ccccc1)c1cccc(C)c1C. The van der Waals surface area contributed by atoms with E-state index in [9.17, 15) is 4.79 Å². The summed E-state index contributed by atoms with van der Waals surface area (Å²) in [4.78, 5) is 11.7. The second kappa shape index (κ2) is 6.20. The van der Waals surface area contributed by atoms with Gasteiger partial charge in [0.15, 0.2) is 0 Å². The van der Waals surface area contributed by atoms with Gasteiger partial charge in [-0.05, 0) is 41.7 Å². The van der Waals surface area contributed by atoms with E-state index in [-0.39, 0.29) is 5.97 Å². The van der Waals surface area contributed by atoms with Gasteiger partial charge in [0.1, 0.15) is 0 Å². The van der Waals surface area contributed by atoms with E-state index in [1.807, 2.05) is 42.5 Å². The van der Waals surface area contributed by atoms with Gasteiger partial charge >= 0.3 is 5.97 Å². The van der Waals surface area contributed by atoms with Crippen molar-refractivity contribution in [3.8, 4) is 0 Å². The highest BCUT2D eigenvalue weighted by atomic mass is 16.5. The zero-order chi connectivity index (χ0) is 14.5. The van der Waals surface area contributed by atoms with Crippen LogP contribution in [0.15, 0.2) is 54.6 Å². The zero-order valence-corrected chi connectivity index (χ0v) is 12.0. The van der Waals surface area contributed by atoms with Crippen molar-refractivity contribution < 1.29 is 9.53 Å². The van der Waals surface area contributed by atoms with Crippen LogP contribution < -0.4 is 0 Å². The first-order valence-corrected chi connectivity index (χ1v) is 6.55. The molecule has 20 heavy (non-hydrogen) atoms. The lowest BCUT2D eigenvalue weighted by molar-refractivity contribution is -0.134. The number of hydrogen-bond donors (Lipinski definition) is 0. The van der Waals surface area contributed by atoms with Crippen molar-refractivity contribution in [1.82, 2.24) is 0 Å². The van der Waals surface area contributed by atoms with Crippen LogP contribution in [0.1, 0.15) is 22.3 Å². The molecule has 0 aromatic heterocycles. The molecule has 2 aromatic carbocycles. The number of aryl methyl sites for hydroxylation is 1. The molecule has 2 heteroatoms. The van der Waals surface area contributed by atoms with E-state index in [1.165, 1.54) is 18.2 Å². The van der Waals surface area contributed by atoms with Gasteiger partial charge in [-0.25, -0.2) is 4.79 Å². The van der Waals surface area contributed by atoms with E-state index in [0.29, 0.717) is 0 Å². The van der Waals surface area contributed by atoms with Crippen molar-refractivity contribution in [2.45, 2.75) is 13.8 Å². The van der Waals surface area contributed by atoms with Crippen LogP contribution in [0.3, 0.4) is 0 Å². The minimum absolute atomic E-state index is 0.343. The summed E-state index contributed by atoms with van der Waals surface area (Å²) in [5.74, 6) is -0.343. The second-order valence-electron chi connectivity index (χ2n) is 4.69. The number of carbonyl (C=O) groups excluding carboxylic acids is 1. The van der Waals surface area contributed by atoms with Crippen LogP contribution in [0.5, 0.6) is 0 Å². The fraction of sp³-hybridized carbons (Fsp3) is 0.167. The van der Waals surface area contributed by atoms with Crippen molar-refractivity contribution >= 4 is 11.5 Å². The fourth-order valence-electron chi connectivity index (χ4n) is 2.15. The van der Waals surface area contributed by atoms with Crippen LogP contribution in [0.25, 0.3) is 5.57 Å². The third-order valence-corrected chi connectivity index (χ3v) is 3.44. The topological polar surface area (TPSA) is 26.3 Å². The van der Waals surface area contributed by atoms with Crippen LogP contribution in [-0.4, -0.2) is 13.1 Å². The summed E-state index contributed by atoms with van der Waals surface area (Å²) >= 11 is 0. The van der Waals surface area contributed by atoms with Crippen LogP contribution in [0.4, 0.5) is 0 Å². The highest BCUT2D eigenvalue weighted by molar-refractivity contribution is 5.96. The molecule has 102 valence electrons. The van der Waals surface area contributed by atoms with Crippen molar-refractivity contribution in [2.24, 2.45) is 0 Å². The van der Waals surface area contributed by atoms with Crippen molar-refractivity contribution in [3.63, 3.8) is 0 Å². The van der Waals surface area contributed by atoms with Gasteiger partial charge in [-0.1, -0.05) is 48.5 Å². The Bertz CT molecular complexity index is 640. The molecule has 0 unspecified atom stereocenters. The van der Waals surface area contributed by atoms with Gasteiger partial charge in [0.2, 0.25) is 0 Å². The third kappa shape index (κ3) is 2.97. The molecule has 0 aliphatic heterocycles. The number of carbonyl (C=O) groups is 1. The smallest absolute Gasteiger partial charge is 0.331 e. The monoisotopic (exact) mass is 266 g/mol. The van der Waals surface area contributed by atoms with E-state index in [0.717, 1.165) is 16.7 Å². The second-order valence-corrected chi connectivity index (χ2v) is 4.69. The van der Waals surface area contributed by atoms with E-state index in [4.69, 9.17) is 4.74 Å². The van der Waals surface area contributed by atoms with E-state index >= 15 is 0 Å². The first-order chi connectivity index (χ1) is 9.63. The van der Waals surface area contributed by atoms with E-state index in [1.54, 1.807) is 6.08 Å². The number of ether oxygens (including phenoxy) is 1. The molecule has 2 nitrogen and oxygen atoms in total. The van der Waals surface area contributed by atoms with Crippen LogP contribution in [-0.2, 0) is 9.53 Å². The Morgan fingerprint density at radius 2 is 1.70 bits per heavy atom. The quantitative estimate of drug-likeness (QED) is 0.622. The molecule has 0 aliphatic rings. The Morgan fingerprint density at radius 1 is 1.00 bits per heavy atom. The van der Waals surface area contributed by atoms with Crippen LogP contribution in [0.2, 0.25) is 0 Å². The predicted octanol–water partition coefficient (Wildman–Crippen LogP) is 3.91. The minimum atomic E-state index is -0.343. The molecule has 0 atom stereocenters. The molecular formula is C18H18O2. The Hall–Kier alpha value is -2.35.